The first kappa shape index (κ1) is 16.1. The lowest BCUT2D eigenvalue weighted by Gasteiger charge is -2.33. The van der Waals surface area contributed by atoms with Gasteiger partial charge in [0.05, 0.1) is 6.04 Å². The molecule has 1 fully saturated rings. The molecule has 0 aromatic heterocycles. The monoisotopic (exact) mass is 315 g/mol. The van der Waals surface area contributed by atoms with Gasteiger partial charge in [-0.25, -0.2) is 0 Å². The van der Waals surface area contributed by atoms with Crippen LogP contribution in [0.5, 0.6) is 0 Å². The number of hydrogen-bond acceptors (Lipinski definition) is 2. The Labute approximate surface area is 140 Å². The summed E-state index contributed by atoms with van der Waals surface area (Å²) in [5.74, 6) is 3.21. The number of nitrogens with zero attached hydrogens (tertiary/aromatic N) is 1. The second kappa shape index (κ2) is 7.68. The van der Waals surface area contributed by atoms with E-state index in [0.717, 1.165) is 6.42 Å². The van der Waals surface area contributed by atoms with Crippen LogP contribution in [0.25, 0.3) is 0 Å². The van der Waals surface area contributed by atoms with Crippen molar-refractivity contribution >= 4 is 18.0 Å². The Kier molecular flexibility index (Phi) is 5.62. The molecule has 2 unspecified atom stereocenters. The molecule has 1 aromatic rings. The van der Waals surface area contributed by atoms with Gasteiger partial charge in [-0.05, 0) is 59.8 Å². The zero-order valence-corrected chi connectivity index (χ0v) is 14.9. The van der Waals surface area contributed by atoms with E-state index < -0.39 is 0 Å². The molecule has 0 radical (unpaired) electrons. The summed E-state index contributed by atoms with van der Waals surface area (Å²) >= 11 is 2.11. The quantitative estimate of drug-likeness (QED) is 0.641. The highest BCUT2D eigenvalue weighted by molar-refractivity contribution is 7.99. The van der Waals surface area contributed by atoms with E-state index in [0.29, 0.717) is 12.0 Å². The summed E-state index contributed by atoms with van der Waals surface area (Å²) in [6, 6.07) is 5.53. The van der Waals surface area contributed by atoms with Gasteiger partial charge in [-0.2, -0.15) is 11.8 Å². The highest BCUT2D eigenvalue weighted by Crippen LogP contribution is 2.38. The van der Waals surface area contributed by atoms with Crippen molar-refractivity contribution in [1.82, 2.24) is 0 Å². The largest absolute Gasteiger partial charge is 0.289 e. The predicted octanol–water partition coefficient (Wildman–Crippen LogP) is 5.39. The molecule has 2 heteroatoms. The molecule has 0 amide bonds. The van der Waals surface area contributed by atoms with Gasteiger partial charge < -0.3 is 0 Å². The molecule has 22 heavy (non-hydrogen) atoms. The molecule has 1 nitrogen and oxygen atoms in total. The van der Waals surface area contributed by atoms with Gasteiger partial charge in [0.2, 0.25) is 0 Å². The normalized spacial score (nSPS) is 23.2. The Morgan fingerprint density at radius 1 is 1.14 bits per heavy atom. The number of unbranched alkanes of at least 4 members (excludes halogenated alkanes) is 3. The maximum atomic E-state index is 4.85. The molecule has 0 saturated carbocycles. The summed E-state index contributed by atoms with van der Waals surface area (Å²) < 4.78 is 0. The fourth-order valence-corrected chi connectivity index (χ4v) is 5.07. The molecule has 1 aromatic carbocycles. The van der Waals surface area contributed by atoms with Crippen LogP contribution in [-0.2, 0) is 12.8 Å². The van der Waals surface area contributed by atoms with Crippen LogP contribution in [0.4, 0.5) is 0 Å². The van der Waals surface area contributed by atoms with E-state index >= 15 is 0 Å². The smallest absolute Gasteiger partial charge is 0.0584 e. The predicted molar refractivity (Wildman–Crippen MR) is 99.7 cm³/mol. The van der Waals surface area contributed by atoms with E-state index in [1.165, 1.54) is 55.6 Å². The van der Waals surface area contributed by atoms with Gasteiger partial charge in [0.1, 0.15) is 0 Å². The van der Waals surface area contributed by atoms with Crippen molar-refractivity contribution < 1.29 is 0 Å². The number of rotatable bonds is 6. The molecule has 2 heterocycles. The molecule has 0 bridgehead atoms. The summed E-state index contributed by atoms with van der Waals surface area (Å²) in [7, 11) is 0. The van der Waals surface area contributed by atoms with Crippen LogP contribution in [0.1, 0.15) is 74.1 Å². The zero-order chi connectivity index (χ0) is 15.4. The maximum absolute atomic E-state index is 4.85. The lowest BCUT2D eigenvalue weighted by atomic mass is 9.83. The van der Waals surface area contributed by atoms with E-state index in [1.54, 1.807) is 16.7 Å². The number of aliphatic imine (C=N–C) groups is 1. The summed E-state index contributed by atoms with van der Waals surface area (Å²) in [6.45, 7) is 4.58. The minimum Gasteiger partial charge on any atom is -0.289 e. The standard InChI is InChI=1S/C20H29NS/c1-3-5-6-7-8-16-12-18-17(11-15(16)4-2)13-21-20-9-10-22-14-19(18)20/h11-13,19-20H,3-10,14H2,1-2H3. The average Bonchev–Trinajstić information content (AvgIpc) is 2.58. The Balaban J connectivity index is 1.83. The zero-order valence-electron chi connectivity index (χ0n) is 14.1. The maximum Gasteiger partial charge on any atom is 0.0584 e. The molecule has 2 atom stereocenters. The third kappa shape index (κ3) is 3.42. The van der Waals surface area contributed by atoms with Crippen molar-refractivity contribution in [3.63, 3.8) is 0 Å². The van der Waals surface area contributed by atoms with Gasteiger partial charge in [-0.15, -0.1) is 0 Å². The number of fused-ring (bicyclic) bond motifs is 3. The topological polar surface area (TPSA) is 12.4 Å². The van der Waals surface area contributed by atoms with Crippen LogP contribution >= 0.6 is 11.8 Å². The minimum absolute atomic E-state index is 0.550. The molecule has 0 N–H and O–H groups in total. The van der Waals surface area contributed by atoms with Crippen LogP contribution in [0.3, 0.4) is 0 Å². The summed E-state index contributed by atoms with van der Waals surface area (Å²) in [5.41, 5.74) is 6.15. The highest BCUT2D eigenvalue weighted by atomic mass is 32.2. The Hall–Kier alpha value is -0.760. The second-order valence-electron chi connectivity index (χ2n) is 6.73. The average molecular weight is 316 g/mol. The molecular weight excluding hydrogens is 286 g/mol. The molecule has 1 saturated heterocycles. The molecule has 0 aliphatic carbocycles. The SMILES string of the molecule is CCCCCCc1cc2c(cc1CC)C=NC1CCSCC21. The van der Waals surface area contributed by atoms with Crippen molar-refractivity contribution in [3.05, 3.63) is 34.4 Å². The van der Waals surface area contributed by atoms with Gasteiger partial charge in [0.15, 0.2) is 0 Å². The lowest BCUT2D eigenvalue weighted by Crippen LogP contribution is -2.28. The van der Waals surface area contributed by atoms with E-state index in [9.17, 15) is 0 Å². The van der Waals surface area contributed by atoms with Gasteiger partial charge in [-0.1, -0.05) is 39.2 Å². The van der Waals surface area contributed by atoms with Crippen molar-refractivity contribution in [1.29, 1.82) is 0 Å². The first-order valence-electron chi connectivity index (χ1n) is 9.10. The third-order valence-electron chi connectivity index (χ3n) is 5.21. The molecule has 2 aliphatic heterocycles. The van der Waals surface area contributed by atoms with Gasteiger partial charge in [-0.3, -0.25) is 4.99 Å². The first-order valence-corrected chi connectivity index (χ1v) is 10.3. The Morgan fingerprint density at radius 3 is 2.86 bits per heavy atom. The minimum atomic E-state index is 0.550. The van der Waals surface area contributed by atoms with Crippen molar-refractivity contribution in [2.45, 2.75) is 70.8 Å². The van der Waals surface area contributed by atoms with E-state index in [2.05, 4.69) is 44.0 Å². The molecular formula is C20H29NS. The number of thioether (sulfide) groups is 1. The van der Waals surface area contributed by atoms with Crippen molar-refractivity contribution in [2.75, 3.05) is 11.5 Å². The summed E-state index contributed by atoms with van der Waals surface area (Å²) in [4.78, 5) is 4.85. The van der Waals surface area contributed by atoms with E-state index in [1.807, 2.05) is 0 Å². The molecule has 120 valence electrons. The Bertz CT molecular complexity index is 535. The van der Waals surface area contributed by atoms with Crippen LogP contribution in [0.15, 0.2) is 17.1 Å². The number of aryl methyl sites for hydroxylation is 2. The summed E-state index contributed by atoms with van der Waals surface area (Å²) in [5, 5.41) is 0. The second-order valence-corrected chi connectivity index (χ2v) is 7.88. The van der Waals surface area contributed by atoms with Crippen LogP contribution in [0.2, 0.25) is 0 Å². The molecule has 3 rings (SSSR count). The fraction of sp³-hybridized carbons (Fsp3) is 0.650. The van der Waals surface area contributed by atoms with Gasteiger partial charge >= 0.3 is 0 Å². The first-order chi connectivity index (χ1) is 10.8. The fourth-order valence-electron chi connectivity index (χ4n) is 3.84. The highest BCUT2D eigenvalue weighted by Gasteiger charge is 2.30. The number of benzene rings is 1. The van der Waals surface area contributed by atoms with Gasteiger partial charge in [0.25, 0.3) is 0 Å². The summed E-state index contributed by atoms with van der Waals surface area (Å²) in [6.07, 6.45) is 11.2. The Morgan fingerprint density at radius 2 is 2.05 bits per heavy atom. The van der Waals surface area contributed by atoms with E-state index in [4.69, 9.17) is 4.99 Å². The van der Waals surface area contributed by atoms with Crippen molar-refractivity contribution in [3.8, 4) is 0 Å². The van der Waals surface area contributed by atoms with Gasteiger partial charge in [0, 0.05) is 17.9 Å². The third-order valence-corrected chi connectivity index (χ3v) is 6.33. The van der Waals surface area contributed by atoms with Crippen LogP contribution < -0.4 is 0 Å². The lowest BCUT2D eigenvalue weighted by molar-refractivity contribution is 0.544. The molecule has 0 spiro atoms. The van der Waals surface area contributed by atoms with Crippen molar-refractivity contribution in [2.24, 2.45) is 4.99 Å². The molecule has 2 aliphatic rings. The van der Waals surface area contributed by atoms with Crippen LogP contribution in [-0.4, -0.2) is 23.8 Å². The van der Waals surface area contributed by atoms with E-state index in [-0.39, 0.29) is 0 Å². The van der Waals surface area contributed by atoms with Crippen LogP contribution in [0, 0.1) is 0 Å². The number of hydrogen-bond donors (Lipinski definition) is 0.